The SMILES string of the molecule is CCCC(CCC)(COCC1CCOC1)CS(N)(=O)=O. The Morgan fingerprint density at radius 2 is 1.95 bits per heavy atom. The summed E-state index contributed by atoms with van der Waals surface area (Å²) in [6, 6.07) is 0. The molecule has 1 aliphatic heterocycles. The molecule has 0 aromatic heterocycles. The van der Waals surface area contributed by atoms with Gasteiger partial charge in [-0.2, -0.15) is 0 Å². The van der Waals surface area contributed by atoms with Gasteiger partial charge in [-0.05, 0) is 19.3 Å². The Bertz CT molecular complexity index is 357. The molecule has 1 rings (SSSR count). The van der Waals surface area contributed by atoms with Crippen LogP contribution in [0.15, 0.2) is 0 Å². The normalized spacial score (nSPS) is 20.4. The van der Waals surface area contributed by atoms with Gasteiger partial charge in [-0.15, -0.1) is 0 Å². The molecule has 1 heterocycles. The monoisotopic (exact) mass is 307 g/mol. The molecule has 0 bridgehead atoms. The zero-order valence-corrected chi connectivity index (χ0v) is 13.6. The summed E-state index contributed by atoms with van der Waals surface area (Å²) >= 11 is 0. The van der Waals surface area contributed by atoms with Crippen molar-refractivity contribution in [3.8, 4) is 0 Å². The third-order valence-corrected chi connectivity index (χ3v) is 4.87. The van der Waals surface area contributed by atoms with Gasteiger partial charge in [0.2, 0.25) is 10.0 Å². The van der Waals surface area contributed by atoms with Crippen molar-refractivity contribution in [2.75, 3.05) is 32.2 Å². The maximum absolute atomic E-state index is 11.5. The summed E-state index contributed by atoms with van der Waals surface area (Å²) < 4.78 is 34.2. The van der Waals surface area contributed by atoms with Gasteiger partial charge < -0.3 is 9.47 Å². The highest BCUT2D eigenvalue weighted by atomic mass is 32.2. The summed E-state index contributed by atoms with van der Waals surface area (Å²) in [5.74, 6) is 0.466. The quantitative estimate of drug-likeness (QED) is 0.669. The first kappa shape index (κ1) is 17.9. The van der Waals surface area contributed by atoms with Gasteiger partial charge >= 0.3 is 0 Å². The largest absolute Gasteiger partial charge is 0.381 e. The second-order valence-corrected chi connectivity index (χ2v) is 7.67. The van der Waals surface area contributed by atoms with Gasteiger partial charge in [-0.1, -0.05) is 26.7 Å². The second kappa shape index (κ2) is 8.32. The molecule has 5 nitrogen and oxygen atoms in total. The molecule has 2 N–H and O–H groups in total. The van der Waals surface area contributed by atoms with E-state index in [0.717, 1.165) is 45.3 Å². The highest BCUT2D eigenvalue weighted by Crippen LogP contribution is 2.32. The van der Waals surface area contributed by atoms with Gasteiger partial charge in [0.05, 0.1) is 25.6 Å². The molecule has 0 amide bonds. The minimum Gasteiger partial charge on any atom is -0.381 e. The molecule has 0 aromatic carbocycles. The number of nitrogens with two attached hydrogens (primary N) is 1. The van der Waals surface area contributed by atoms with Gasteiger partial charge in [-0.25, -0.2) is 13.6 Å². The zero-order chi connectivity index (χ0) is 15.1. The fraction of sp³-hybridized carbons (Fsp3) is 1.00. The summed E-state index contributed by atoms with van der Waals surface area (Å²) in [5.41, 5.74) is -0.337. The third kappa shape index (κ3) is 6.52. The van der Waals surface area contributed by atoms with Crippen LogP contribution in [0, 0.1) is 11.3 Å². The Morgan fingerprint density at radius 1 is 1.30 bits per heavy atom. The molecule has 0 aromatic rings. The van der Waals surface area contributed by atoms with Crippen LogP contribution in [0.3, 0.4) is 0 Å². The lowest BCUT2D eigenvalue weighted by Gasteiger charge is -2.32. The fourth-order valence-electron chi connectivity index (χ4n) is 3.10. The molecule has 20 heavy (non-hydrogen) atoms. The Hall–Kier alpha value is -0.170. The first-order chi connectivity index (χ1) is 9.41. The van der Waals surface area contributed by atoms with E-state index < -0.39 is 10.0 Å². The number of hydrogen-bond acceptors (Lipinski definition) is 4. The van der Waals surface area contributed by atoms with E-state index in [0.29, 0.717) is 19.1 Å². The zero-order valence-electron chi connectivity index (χ0n) is 12.8. The Balaban J connectivity index is 2.58. The van der Waals surface area contributed by atoms with Crippen LogP contribution in [0.2, 0.25) is 0 Å². The van der Waals surface area contributed by atoms with Crippen molar-refractivity contribution >= 4 is 10.0 Å². The van der Waals surface area contributed by atoms with Gasteiger partial charge in [-0.3, -0.25) is 0 Å². The summed E-state index contributed by atoms with van der Waals surface area (Å²) in [6.45, 7) is 6.82. The van der Waals surface area contributed by atoms with Crippen LogP contribution in [-0.2, 0) is 19.5 Å². The van der Waals surface area contributed by atoms with Crippen LogP contribution in [0.25, 0.3) is 0 Å². The minimum absolute atomic E-state index is 0.0167. The molecule has 1 saturated heterocycles. The smallest absolute Gasteiger partial charge is 0.209 e. The van der Waals surface area contributed by atoms with Crippen LogP contribution >= 0.6 is 0 Å². The molecule has 1 atom stereocenters. The van der Waals surface area contributed by atoms with Crippen LogP contribution in [0.1, 0.15) is 46.0 Å². The standard InChI is InChI=1S/C14H29NO4S/c1-3-6-14(7-4-2,12-20(15,16)17)11-19-10-13-5-8-18-9-13/h13H,3-12H2,1-2H3,(H2,15,16,17). The lowest BCUT2D eigenvalue weighted by Crippen LogP contribution is -2.38. The van der Waals surface area contributed by atoms with Gasteiger partial charge in [0, 0.05) is 17.9 Å². The third-order valence-electron chi connectivity index (χ3n) is 3.85. The average molecular weight is 307 g/mol. The van der Waals surface area contributed by atoms with E-state index in [9.17, 15) is 8.42 Å². The van der Waals surface area contributed by atoms with E-state index in [4.69, 9.17) is 14.6 Å². The number of hydrogen-bond donors (Lipinski definition) is 1. The van der Waals surface area contributed by atoms with E-state index >= 15 is 0 Å². The van der Waals surface area contributed by atoms with Gasteiger partial charge in [0.25, 0.3) is 0 Å². The lowest BCUT2D eigenvalue weighted by molar-refractivity contribution is 0.0227. The van der Waals surface area contributed by atoms with E-state index in [1.165, 1.54) is 0 Å². The first-order valence-electron chi connectivity index (χ1n) is 7.57. The van der Waals surface area contributed by atoms with Crippen molar-refractivity contribution in [1.82, 2.24) is 0 Å². The number of rotatable bonds is 10. The molecule has 0 saturated carbocycles. The summed E-state index contributed by atoms with van der Waals surface area (Å²) in [6.07, 6.45) is 4.57. The first-order valence-corrected chi connectivity index (χ1v) is 9.28. The maximum atomic E-state index is 11.5. The molecule has 1 aliphatic rings. The summed E-state index contributed by atoms with van der Waals surface area (Å²) in [7, 11) is -3.48. The van der Waals surface area contributed by atoms with Crippen LogP contribution < -0.4 is 5.14 Å². The molecule has 0 radical (unpaired) electrons. The molecular formula is C14H29NO4S. The number of ether oxygens (including phenoxy) is 2. The van der Waals surface area contributed by atoms with E-state index in [2.05, 4.69) is 13.8 Å². The minimum atomic E-state index is -3.48. The summed E-state index contributed by atoms with van der Waals surface area (Å²) in [4.78, 5) is 0. The van der Waals surface area contributed by atoms with Crippen LogP contribution in [0.4, 0.5) is 0 Å². The predicted molar refractivity (Wildman–Crippen MR) is 80.0 cm³/mol. The van der Waals surface area contributed by atoms with Crippen molar-refractivity contribution < 1.29 is 17.9 Å². The van der Waals surface area contributed by atoms with E-state index in [1.807, 2.05) is 0 Å². The van der Waals surface area contributed by atoms with Crippen LogP contribution in [-0.4, -0.2) is 40.6 Å². The maximum Gasteiger partial charge on any atom is 0.209 e. The number of primary sulfonamides is 1. The van der Waals surface area contributed by atoms with E-state index in [1.54, 1.807) is 0 Å². The lowest BCUT2D eigenvalue weighted by atomic mass is 9.82. The van der Waals surface area contributed by atoms with Crippen molar-refractivity contribution in [2.45, 2.75) is 46.0 Å². The molecule has 120 valence electrons. The molecule has 1 unspecified atom stereocenters. The van der Waals surface area contributed by atoms with E-state index in [-0.39, 0.29) is 11.2 Å². The predicted octanol–water partition coefficient (Wildman–Crippen LogP) is 1.91. The fourth-order valence-corrected chi connectivity index (χ4v) is 4.33. The van der Waals surface area contributed by atoms with Crippen molar-refractivity contribution in [3.05, 3.63) is 0 Å². The Morgan fingerprint density at radius 3 is 2.40 bits per heavy atom. The van der Waals surface area contributed by atoms with Crippen molar-refractivity contribution in [1.29, 1.82) is 0 Å². The second-order valence-electron chi connectivity index (χ2n) is 6.05. The van der Waals surface area contributed by atoms with Crippen molar-refractivity contribution in [2.24, 2.45) is 16.5 Å². The molecule has 0 spiro atoms. The molecule has 6 heteroatoms. The Kier molecular flexibility index (Phi) is 7.43. The molecule has 1 fully saturated rings. The number of sulfonamides is 1. The summed E-state index contributed by atoms with van der Waals surface area (Å²) in [5, 5.41) is 5.27. The average Bonchev–Trinajstić information content (AvgIpc) is 2.80. The van der Waals surface area contributed by atoms with Gasteiger partial charge in [0.15, 0.2) is 0 Å². The van der Waals surface area contributed by atoms with Crippen molar-refractivity contribution in [3.63, 3.8) is 0 Å². The Labute approximate surface area is 123 Å². The highest BCUT2D eigenvalue weighted by molar-refractivity contribution is 7.89. The highest BCUT2D eigenvalue weighted by Gasteiger charge is 2.33. The topological polar surface area (TPSA) is 78.6 Å². The van der Waals surface area contributed by atoms with Crippen LogP contribution in [0.5, 0.6) is 0 Å². The molecule has 0 aliphatic carbocycles. The molecular weight excluding hydrogens is 278 g/mol. The van der Waals surface area contributed by atoms with Gasteiger partial charge in [0.1, 0.15) is 0 Å².